The Hall–Kier alpha value is -3.27. The number of anilines is 1. The molecule has 2 atom stereocenters. The van der Waals surface area contributed by atoms with E-state index in [1.807, 2.05) is 30.3 Å². The van der Waals surface area contributed by atoms with Crippen molar-refractivity contribution in [3.8, 4) is 5.75 Å². The number of halogens is 1. The van der Waals surface area contributed by atoms with E-state index in [0.717, 1.165) is 28.6 Å². The summed E-state index contributed by atoms with van der Waals surface area (Å²) in [6, 6.07) is 21.8. The van der Waals surface area contributed by atoms with Crippen molar-refractivity contribution in [3.63, 3.8) is 0 Å². The first-order valence-electron chi connectivity index (χ1n) is 11.5. The van der Waals surface area contributed by atoms with Crippen LogP contribution in [0.5, 0.6) is 5.75 Å². The van der Waals surface area contributed by atoms with E-state index in [4.69, 9.17) is 21.7 Å². The van der Waals surface area contributed by atoms with Gasteiger partial charge in [-0.1, -0.05) is 46.3 Å². The summed E-state index contributed by atoms with van der Waals surface area (Å²) in [5.74, 6) is 0.205. The van der Waals surface area contributed by atoms with Crippen LogP contribution in [0.3, 0.4) is 0 Å². The topological polar surface area (TPSA) is 88.7 Å². The van der Waals surface area contributed by atoms with Gasteiger partial charge in [-0.2, -0.15) is 0 Å². The quantitative estimate of drug-likeness (QED) is 0.338. The molecule has 1 heterocycles. The minimum atomic E-state index is -0.334. The molecule has 1 saturated heterocycles. The number of benzene rings is 3. The largest absolute Gasteiger partial charge is 0.497 e. The van der Waals surface area contributed by atoms with Crippen LogP contribution in [0.1, 0.15) is 45.2 Å². The summed E-state index contributed by atoms with van der Waals surface area (Å²) in [5, 5.41) is 8.66. The van der Waals surface area contributed by atoms with E-state index < -0.39 is 0 Å². The lowest BCUT2D eigenvalue weighted by atomic mass is 10.1. The van der Waals surface area contributed by atoms with Crippen LogP contribution in [0.25, 0.3) is 0 Å². The molecule has 36 heavy (non-hydrogen) atoms. The third-order valence-corrected chi connectivity index (χ3v) is 6.52. The average Bonchev–Trinajstić information content (AvgIpc) is 3.37. The standard InChI is InChI=1S/C27H26BrN3O4S/c1-34-20-10-7-17(8-11-20)24-14-12-21(35-24)16-29-26(33)22-13-9-19(28)15-23(22)30-27(36)31-25(32)18-5-3-2-4-6-18/h2-11,13,15,21,24H,12,14,16H2,1H3,(H,29,33)(H2,30,31,32,36). The monoisotopic (exact) mass is 567 g/mol. The van der Waals surface area contributed by atoms with E-state index in [0.29, 0.717) is 23.4 Å². The highest BCUT2D eigenvalue weighted by molar-refractivity contribution is 9.10. The summed E-state index contributed by atoms with van der Waals surface area (Å²) in [6.45, 7) is 0.385. The van der Waals surface area contributed by atoms with Crippen molar-refractivity contribution in [2.24, 2.45) is 0 Å². The fourth-order valence-corrected chi connectivity index (χ4v) is 4.52. The van der Waals surface area contributed by atoms with E-state index in [1.54, 1.807) is 49.6 Å². The Morgan fingerprint density at radius 1 is 1.03 bits per heavy atom. The van der Waals surface area contributed by atoms with Gasteiger partial charge in [-0.15, -0.1) is 0 Å². The average molecular weight is 568 g/mol. The summed E-state index contributed by atoms with van der Waals surface area (Å²) < 4.78 is 12.1. The van der Waals surface area contributed by atoms with Gasteiger partial charge in [0.2, 0.25) is 0 Å². The van der Waals surface area contributed by atoms with Gasteiger partial charge in [0.15, 0.2) is 5.11 Å². The molecule has 0 spiro atoms. The number of rotatable bonds is 7. The lowest BCUT2D eigenvalue weighted by Crippen LogP contribution is -2.36. The van der Waals surface area contributed by atoms with Crippen molar-refractivity contribution in [3.05, 3.63) is 94.0 Å². The molecule has 1 fully saturated rings. The van der Waals surface area contributed by atoms with Gasteiger partial charge in [0, 0.05) is 16.6 Å². The molecule has 9 heteroatoms. The second kappa shape index (κ2) is 12.1. The molecular weight excluding hydrogens is 542 g/mol. The molecule has 3 N–H and O–H groups in total. The molecule has 3 aromatic carbocycles. The van der Waals surface area contributed by atoms with Crippen molar-refractivity contribution in [2.45, 2.75) is 25.0 Å². The predicted molar refractivity (Wildman–Crippen MR) is 146 cm³/mol. The molecule has 0 bridgehead atoms. The van der Waals surface area contributed by atoms with Crippen LogP contribution in [0.4, 0.5) is 5.69 Å². The zero-order valence-electron chi connectivity index (χ0n) is 19.6. The molecule has 0 saturated carbocycles. The molecule has 7 nitrogen and oxygen atoms in total. The predicted octanol–water partition coefficient (Wildman–Crippen LogP) is 5.23. The van der Waals surface area contributed by atoms with Crippen LogP contribution < -0.4 is 20.7 Å². The molecule has 1 aliphatic rings. The summed E-state index contributed by atoms with van der Waals surface area (Å²) in [4.78, 5) is 25.4. The minimum absolute atomic E-state index is 0.00619. The lowest BCUT2D eigenvalue weighted by Gasteiger charge is -2.17. The van der Waals surface area contributed by atoms with Gasteiger partial charge >= 0.3 is 0 Å². The molecule has 1 aliphatic heterocycles. The van der Waals surface area contributed by atoms with Gasteiger partial charge in [-0.25, -0.2) is 0 Å². The fourth-order valence-electron chi connectivity index (χ4n) is 3.96. The summed E-state index contributed by atoms with van der Waals surface area (Å²) >= 11 is 8.73. The molecular formula is C27H26BrN3O4S. The Balaban J connectivity index is 1.34. The van der Waals surface area contributed by atoms with Crippen LogP contribution in [0.2, 0.25) is 0 Å². The first-order chi connectivity index (χ1) is 17.4. The SMILES string of the molecule is COc1ccc(C2CCC(CNC(=O)c3ccc(Br)cc3NC(=S)NC(=O)c3ccccc3)O2)cc1. The Kier molecular flexibility index (Phi) is 8.69. The van der Waals surface area contributed by atoms with Gasteiger partial charge in [0.05, 0.1) is 30.6 Å². The molecule has 0 radical (unpaired) electrons. The highest BCUT2D eigenvalue weighted by Gasteiger charge is 2.27. The maximum absolute atomic E-state index is 13.0. The second-order valence-electron chi connectivity index (χ2n) is 8.27. The molecule has 0 aromatic heterocycles. The van der Waals surface area contributed by atoms with Crippen LogP contribution >= 0.6 is 28.1 Å². The molecule has 186 valence electrons. The molecule has 2 amide bonds. The summed E-state index contributed by atoms with van der Waals surface area (Å²) in [5.41, 5.74) is 2.45. The van der Waals surface area contributed by atoms with Crippen LogP contribution in [0.15, 0.2) is 77.3 Å². The Bertz CT molecular complexity index is 1240. The number of ether oxygens (including phenoxy) is 2. The van der Waals surface area contributed by atoms with E-state index in [-0.39, 0.29) is 29.1 Å². The Morgan fingerprint density at radius 3 is 2.50 bits per heavy atom. The first kappa shape index (κ1) is 25.8. The van der Waals surface area contributed by atoms with E-state index in [1.165, 1.54) is 0 Å². The van der Waals surface area contributed by atoms with Crippen LogP contribution in [-0.4, -0.2) is 36.7 Å². The molecule has 0 aliphatic carbocycles. The van der Waals surface area contributed by atoms with Gasteiger partial charge in [-0.05, 0) is 73.1 Å². The fraction of sp³-hybridized carbons (Fsp3) is 0.222. The van der Waals surface area contributed by atoms with E-state index in [9.17, 15) is 9.59 Å². The zero-order valence-corrected chi connectivity index (χ0v) is 22.0. The number of thiocarbonyl (C=S) groups is 1. The van der Waals surface area contributed by atoms with Crippen molar-refractivity contribution < 1.29 is 19.1 Å². The second-order valence-corrected chi connectivity index (χ2v) is 9.60. The van der Waals surface area contributed by atoms with Crippen molar-refractivity contribution in [2.75, 3.05) is 19.0 Å². The van der Waals surface area contributed by atoms with Crippen molar-refractivity contribution in [1.82, 2.24) is 10.6 Å². The molecule has 3 aromatic rings. The highest BCUT2D eigenvalue weighted by Crippen LogP contribution is 2.33. The van der Waals surface area contributed by atoms with E-state index in [2.05, 4.69) is 31.9 Å². The number of nitrogens with one attached hydrogen (secondary N) is 3. The van der Waals surface area contributed by atoms with Gasteiger partial charge in [0.25, 0.3) is 11.8 Å². The Labute approximate surface area is 223 Å². The van der Waals surface area contributed by atoms with Gasteiger partial charge < -0.3 is 20.1 Å². The van der Waals surface area contributed by atoms with E-state index >= 15 is 0 Å². The minimum Gasteiger partial charge on any atom is -0.497 e. The van der Waals surface area contributed by atoms with Gasteiger partial charge in [-0.3, -0.25) is 14.9 Å². The number of carbonyl (C=O) groups is 2. The molecule has 4 rings (SSSR count). The smallest absolute Gasteiger partial charge is 0.257 e. The third-order valence-electron chi connectivity index (χ3n) is 5.82. The summed E-state index contributed by atoms with van der Waals surface area (Å²) in [7, 11) is 1.64. The first-order valence-corrected chi connectivity index (χ1v) is 12.7. The van der Waals surface area contributed by atoms with Gasteiger partial charge in [0.1, 0.15) is 5.75 Å². The summed E-state index contributed by atoms with van der Waals surface area (Å²) in [6.07, 6.45) is 1.64. The van der Waals surface area contributed by atoms with Crippen LogP contribution in [-0.2, 0) is 4.74 Å². The number of methoxy groups -OCH3 is 1. The zero-order chi connectivity index (χ0) is 25.5. The van der Waals surface area contributed by atoms with Crippen molar-refractivity contribution in [1.29, 1.82) is 0 Å². The third kappa shape index (κ3) is 6.69. The lowest BCUT2D eigenvalue weighted by molar-refractivity contribution is 0.0435. The maximum atomic E-state index is 13.0. The highest BCUT2D eigenvalue weighted by atomic mass is 79.9. The number of hydrogen-bond acceptors (Lipinski definition) is 5. The number of amides is 2. The normalized spacial score (nSPS) is 16.7. The van der Waals surface area contributed by atoms with Crippen molar-refractivity contribution >= 4 is 50.8 Å². The maximum Gasteiger partial charge on any atom is 0.257 e. The molecule has 2 unspecified atom stereocenters. The van der Waals surface area contributed by atoms with Crippen LogP contribution in [0, 0.1) is 0 Å². The Morgan fingerprint density at radius 2 is 1.78 bits per heavy atom. The number of carbonyl (C=O) groups excluding carboxylic acids is 2. The number of hydrogen-bond donors (Lipinski definition) is 3.